The predicted molar refractivity (Wildman–Crippen MR) is 50.9 cm³/mol. The minimum Gasteiger partial charge on any atom is -0.480 e. The maximum absolute atomic E-state index is 11.6. The number of carboxylic acids is 1. The zero-order valence-electron chi connectivity index (χ0n) is 8.23. The Labute approximate surface area is 86.6 Å². The maximum Gasteiger partial charge on any atom is 0.318 e. The first-order valence-corrected chi connectivity index (χ1v) is 5.56. The molecule has 0 aromatic carbocycles. The Morgan fingerprint density at radius 1 is 1.53 bits per heavy atom. The second-order valence-corrected chi connectivity index (χ2v) is 4.69. The Hall–Kier alpha value is -1.41. The van der Waals surface area contributed by atoms with Crippen molar-refractivity contribution >= 4 is 16.0 Å². The third-order valence-corrected chi connectivity index (χ3v) is 3.41. The van der Waals surface area contributed by atoms with Crippen LogP contribution in [0.25, 0.3) is 0 Å². The number of aryl methyl sites for hydroxylation is 2. The van der Waals surface area contributed by atoms with Crippen LogP contribution in [0.4, 0.5) is 0 Å². The van der Waals surface area contributed by atoms with Gasteiger partial charge in [0, 0.05) is 0 Å². The van der Waals surface area contributed by atoms with E-state index < -0.39 is 22.5 Å². The van der Waals surface area contributed by atoms with E-state index in [4.69, 9.17) is 5.11 Å². The molecule has 84 valence electrons. The Bertz CT molecular complexity index is 457. The van der Waals surface area contributed by atoms with Gasteiger partial charge in [-0.05, 0) is 13.8 Å². The van der Waals surface area contributed by atoms with Crippen molar-refractivity contribution in [1.29, 1.82) is 0 Å². The van der Waals surface area contributed by atoms with Gasteiger partial charge in [0.2, 0.25) is 10.0 Å². The van der Waals surface area contributed by atoms with Crippen molar-refractivity contribution < 1.29 is 18.3 Å². The van der Waals surface area contributed by atoms with Gasteiger partial charge in [-0.1, -0.05) is 0 Å². The monoisotopic (exact) mass is 233 g/mol. The fourth-order valence-electron chi connectivity index (χ4n) is 1.17. The molecule has 0 unspecified atom stereocenters. The third kappa shape index (κ3) is 2.54. The zero-order chi connectivity index (χ0) is 11.6. The van der Waals surface area contributed by atoms with Crippen LogP contribution in [-0.4, -0.2) is 36.2 Å². The van der Waals surface area contributed by atoms with Crippen LogP contribution >= 0.6 is 0 Å². The van der Waals surface area contributed by atoms with Gasteiger partial charge in [0.15, 0.2) is 0 Å². The Morgan fingerprint density at radius 3 is 2.53 bits per heavy atom. The van der Waals surface area contributed by atoms with E-state index in [0.717, 1.165) is 0 Å². The van der Waals surface area contributed by atoms with E-state index in [9.17, 15) is 13.2 Å². The van der Waals surface area contributed by atoms with Crippen LogP contribution in [0.2, 0.25) is 0 Å². The number of hydrogen-bond acceptors (Lipinski definition) is 4. The third-order valence-electron chi connectivity index (χ3n) is 1.74. The SMILES string of the molecule is Cc1n[nH]c(C)c1S(=O)(=O)NCC(=O)O. The molecule has 0 atom stereocenters. The Morgan fingerprint density at radius 2 is 2.13 bits per heavy atom. The molecule has 1 aromatic rings. The first kappa shape index (κ1) is 11.7. The van der Waals surface area contributed by atoms with Crippen LogP contribution in [0.3, 0.4) is 0 Å². The molecule has 15 heavy (non-hydrogen) atoms. The van der Waals surface area contributed by atoms with Gasteiger partial charge in [0.05, 0.1) is 11.4 Å². The highest BCUT2D eigenvalue weighted by Gasteiger charge is 2.22. The quantitative estimate of drug-likeness (QED) is 0.642. The first-order valence-electron chi connectivity index (χ1n) is 4.07. The van der Waals surface area contributed by atoms with E-state index >= 15 is 0 Å². The van der Waals surface area contributed by atoms with E-state index in [1.165, 1.54) is 6.92 Å². The van der Waals surface area contributed by atoms with Gasteiger partial charge < -0.3 is 5.11 Å². The summed E-state index contributed by atoms with van der Waals surface area (Å²) in [6, 6.07) is 0. The summed E-state index contributed by atoms with van der Waals surface area (Å²) in [6.45, 7) is 2.43. The van der Waals surface area contributed by atoms with Crippen LogP contribution < -0.4 is 4.72 Å². The first-order chi connectivity index (χ1) is 6.84. The van der Waals surface area contributed by atoms with Crippen molar-refractivity contribution in [2.45, 2.75) is 18.7 Å². The van der Waals surface area contributed by atoms with Gasteiger partial charge in [-0.15, -0.1) is 0 Å². The number of carboxylic acid groups (broad SMARTS) is 1. The standard InChI is InChI=1S/C7H11N3O4S/c1-4-7(5(2)10-9-4)15(13,14)8-3-6(11)12/h8H,3H2,1-2H3,(H,9,10)(H,11,12). The number of nitrogens with zero attached hydrogens (tertiary/aromatic N) is 1. The predicted octanol–water partition coefficient (Wildman–Crippen LogP) is -0.611. The lowest BCUT2D eigenvalue weighted by molar-refractivity contribution is -0.135. The number of aliphatic carboxylic acids is 1. The van der Waals surface area contributed by atoms with Crippen LogP contribution in [0.15, 0.2) is 4.90 Å². The summed E-state index contributed by atoms with van der Waals surface area (Å²) in [5.74, 6) is -1.24. The summed E-state index contributed by atoms with van der Waals surface area (Å²) in [7, 11) is -3.80. The molecule has 0 aliphatic heterocycles. The fourth-order valence-corrected chi connectivity index (χ4v) is 2.51. The minimum atomic E-state index is -3.80. The second-order valence-electron chi connectivity index (χ2n) is 2.98. The van der Waals surface area contributed by atoms with Crippen molar-refractivity contribution in [1.82, 2.24) is 14.9 Å². The molecule has 0 aliphatic rings. The van der Waals surface area contributed by atoms with E-state index in [2.05, 4.69) is 10.2 Å². The molecule has 0 saturated heterocycles. The van der Waals surface area contributed by atoms with Gasteiger partial charge in [0.25, 0.3) is 0 Å². The van der Waals surface area contributed by atoms with Crippen LogP contribution in [0.1, 0.15) is 11.4 Å². The molecule has 1 heterocycles. The van der Waals surface area contributed by atoms with Crippen LogP contribution in [0, 0.1) is 13.8 Å². The molecule has 0 amide bonds. The van der Waals surface area contributed by atoms with Crippen molar-refractivity contribution in [3.05, 3.63) is 11.4 Å². The minimum absolute atomic E-state index is 0.00347. The van der Waals surface area contributed by atoms with E-state index in [-0.39, 0.29) is 4.90 Å². The van der Waals surface area contributed by atoms with Crippen molar-refractivity contribution in [3.8, 4) is 0 Å². The van der Waals surface area contributed by atoms with Crippen molar-refractivity contribution in [2.24, 2.45) is 0 Å². The molecule has 0 saturated carbocycles. The molecule has 0 radical (unpaired) electrons. The highest BCUT2D eigenvalue weighted by molar-refractivity contribution is 7.89. The van der Waals surface area contributed by atoms with Crippen molar-refractivity contribution in [2.75, 3.05) is 6.54 Å². The fraction of sp³-hybridized carbons (Fsp3) is 0.429. The maximum atomic E-state index is 11.6. The molecule has 1 rings (SSSR count). The molecule has 3 N–H and O–H groups in total. The molecule has 0 bridgehead atoms. The molecule has 0 spiro atoms. The number of hydrogen-bond donors (Lipinski definition) is 3. The summed E-state index contributed by atoms with van der Waals surface area (Å²) >= 11 is 0. The second kappa shape index (κ2) is 3.99. The zero-order valence-corrected chi connectivity index (χ0v) is 9.05. The average molecular weight is 233 g/mol. The summed E-state index contributed by atoms with van der Waals surface area (Å²) < 4.78 is 25.2. The van der Waals surface area contributed by atoms with Gasteiger partial charge >= 0.3 is 5.97 Å². The van der Waals surface area contributed by atoms with Crippen LogP contribution in [-0.2, 0) is 14.8 Å². The number of nitrogens with one attached hydrogen (secondary N) is 2. The van der Waals surface area contributed by atoms with Crippen LogP contribution in [0.5, 0.6) is 0 Å². The van der Waals surface area contributed by atoms with Gasteiger partial charge in [-0.3, -0.25) is 9.89 Å². The van der Waals surface area contributed by atoms with Gasteiger partial charge in [-0.2, -0.15) is 9.82 Å². The number of sulfonamides is 1. The van der Waals surface area contributed by atoms with E-state index in [0.29, 0.717) is 11.4 Å². The van der Waals surface area contributed by atoms with Crippen molar-refractivity contribution in [3.63, 3.8) is 0 Å². The lowest BCUT2D eigenvalue weighted by Gasteiger charge is -2.03. The number of aromatic nitrogens is 2. The Balaban J connectivity index is 3.01. The summed E-state index contributed by atoms with van der Waals surface area (Å²) in [4.78, 5) is 10.2. The summed E-state index contributed by atoms with van der Waals surface area (Å²) in [5.41, 5.74) is 0.691. The summed E-state index contributed by atoms with van der Waals surface area (Å²) in [6.07, 6.45) is 0. The van der Waals surface area contributed by atoms with E-state index in [1.807, 2.05) is 4.72 Å². The highest BCUT2D eigenvalue weighted by atomic mass is 32.2. The lowest BCUT2D eigenvalue weighted by atomic mass is 10.4. The number of H-pyrrole nitrogens is 1. The average Bonchev–Trinajstić information content (AvgIpc) is 2.43. The lowest BCUT2D eigenvalue weighted by Crippen LogP contribution is -2.30. The van der Waals surface area contributed by atoms with E-state index in [1.54, 1.807) is 6.92 Å². The number of carbonyl (C=O) groups is 1. The molecular formula is C7H11N3O4S. The highest BCUT2D eigenvalue weighted by Crippen LogP contribution is 2.15. The molecule has 7 nitrogen and oxygen atoms in total. The topological polar surface area (TPSA) is 112 Å². The van der Waals surface area contributed by atoms with Gasteiger partial charge in [0.1, 0.15) is 11.4 Å². The Kier molecular flexibility index (Phi) is 3.10. The molecular weight excluding hydrogens is 222 g/mol. The summed E-state index contributed by atoms with van der Waals surface area (Å²) in [5, 5.41) is 14.6. The normalized spacial score (nSPS) is 11.6. The number of rotatable bonds is 4. The number of aromatic amines is 1. The molecule has 0 fully saturated rings. The largest absolute Gasteiger partial charge is 0.480 e. The molecule has 1 aromatic heterocycles. The smallest absolute Gasteiger partial charge is 0.318 e. The van der Waals surface area contributed by atoms with Gasteiger partial charge in [-0.25, -0.2) is 8.42 Å². The molecule has 8 heteroatoms. The molecule has 0 aliphatic carbocycles.